The molecule has 0 radical (unpaired) electrons. The zero-order valence-electron chi connectivity index (χ0n) is 28.6. The van der Waals surface area contributed by atoms with Crippen molar-refractivity contribution in [1.29, 1.82) is 0 Å². The number of aliphatic hydroxyl groups excluding tert-OH is 2. The maximum atomic E-state index is 13.2. The second kappa shape index (κ2) is 17.4. The highest BCUT2D eigenvalue weighted by Gasteiger charge is 2.45. The Balaban J connectivity index is 1.77. The fourth-order valence-electron chi connectivity index (χ4n) is 6.17. The van der Waals surface area contributed by atoms with Gasteiger partial charge in [-0.15, -0.1) is 0 Å². The van der Waals surface area contributed by atoms with E-state index in [0.29, 0.717) is 32.6 Å². The molecule has 46 heavy (non-hydrogen) atoms. The maximum Gasteiger partial charge on any atom is 0.410 e. The minimum Gasteiger partial charge on any atom is -0.457 e. The standard InChI is InChI=1S/C35H56N2O9/c1-8-28(40)25(5)33-29(44-33)20-22(2)10-9-11-23(3)32-24(4)12-13-30(43-26(6)38)35(7,15-14-27(39)21-31(41)45-32)46-34(42)37-18-16-36-17-19-37/h9-13,22,24-25,27-30,32-33,36,39-40H,8,14-21H2,1-7H3/b10-9+,13-12+,23-11+/t22?,24-,25?,27-,28?,29+,30-,32+,33+,35-/m0/s1. The molecule has 3 aliphatic rings. The molecule has 3 aliphatic heterocycles. The summed E-state index contributed by atoms with van der Waals surface area (Å²) in [5, 5.41) is 24.1. The van der Waals surface area contributed by atoms with Gasteiger partial charge in [0.05, 0.1) is 30.8 Å². The summed E-state index contributed by atoms with van der Waals surface area (Å²) >= 11 is 0. The molecular formula is C35H56N2O9. The molecule has 260 valence electrons. The van der Waals surface area contributed by atoms with Crippen LogP contribution in [0.3, 0.4) is 0 Å². The minimum atomic E-state index is -1.29. The van der Waals surface area contributed by atoms with Gasteiger partial charge in [-0.2, -0.15) is 0 Å². The summed E-state index contributed by atoms with van der Waals surface area (Å²) in [6, 6.07) is 0. The molecule has 3 N–H and O–H groups in total. The number of esters is 2. The summed E-state index contributed by atoms with van der Waals surface area (Å²) in [7, 11) is 0. The summed E-state index contributed by atoms with van der Waals surface area (Å²) in [4.78, 5) is 39.9. The highest BCUT2D eigenvalue weighted by Crippen LogP contribution is 2.36. The smallest absolute Gasteiger partial charge is 0.410 e. The van der Waals surface area contributed by atoms with Gasteiger partial charge in [-0.3, -0.25) is 9.59 Å². The van der Waals surface area contributed by atoms with Crippen LogP contribution in [0.4, 0.5) is 4.79 Å². The molecule has 10 atom stereocenters. The van der Waals surface area contributed by atoms with E-state index in [2.05, 4.69) is 18.3 Å². The van der Waals surface area contributed by atoms with E-state index in [9.17, 15) is 24.6 Å². The number of piperazine rings is 1. The Hall–Kier alpha value is -2.73. The molecule has 0 aromatic heterocycles. The number of hydrogen-bond acceptors (Lipinski definition) is 10. The van der Waals surface area contributed by atoms with E-state index in [4.69, 9.17) is 18.9 Å². The van der Waals surface area contributed by atoms with E-state index in [1.54, 1.807) is 17.9 Å². The quantitative estimate of drug-likeness (QED) is 0.104. The van der Waals surface area contributed by atoms with Crippen LogP contribution in [0.2, 0.25) is 0 Å². The number of allylic oxidation sites excluding steroid dienone is 3. The number of carbonyl (C=O) groups is 3. The van der Waals surface area contributed by atoms with Crippen LogP contribution < -0.4 is 5.32 Å². The van der Waals surface area contributed by atoms with E-state index < -0.39 is 41.9 Å². The lowest BCUT2D eigenvalue weighted by Crippen LogP contribution is -2.52. The van der Waals surface area contributed by atoms with Gasteiger partial charge in [0.1, 0.15) is 6.10 Å². The first-order valence-corrected chi connectivity index (χ1v) is 16.8. The van der Waals surface area contributed by atoms with Gasteiger partial charge in [-0.25, -0.2) is 4.79 Å². The van der Waals surface area contributed by atoms with Gasteiger partial charge < -0.3 is 39.4 Å². The Labute approximate surface area is 274 Å². The summed E-state index contributed by atoms with van der Waals surface area (Å²) < 4.78 is 23.4. The Bertz CT molecular complexity index is 1120. The highest BCUT2D eigenvalue weighted by molar-refractivity contribution is 5.71. The molecule has 2 fully saturated rings. The number of aliphatic hydroxyl groups is 2. The van der Waals surface area contributed by atoms with E-state index in [1.165, 1.54) is 6.92 Å². The van der Waals surface area contributed by atoms with Crippen LogP contribution in [0, 0.1) is 17.8 Å². The van der Waals surface area contributed by atoms with Gasteiger partial charge in [0.2, 0.25) is 0 Å². The number of nitrogens with zero attached hydrogens (tertiary/aromatic N) is 1. The fraction of sp³-hybridized carbons (Fsp3) is 0.743. The molecule has 11 nitrogen and oxygen atoms in total. The molecule has 11 heteroatoms. The lowest BCUT2D eigenvalue weighted by atomic mass is 9.88. The summed E-state index contributed by atoms with van der Waals surface area (Å²) in [5.74, 6) is -1.05. The van der Waals surface area contributed by atoms with Gasteiger partial charge in [-0.05, 0) is 57.1 Å². The number of nitrogens with one attached hydrogen (secondary N) is 1. The molecule has 0 spiro atoms. The van der Waals surface area contributed by atoms with Crippen molar-refractivity contribution in [3.05, 3.63) is 36.0 Å². The third kappa shape index (κ3) is 11.2. The highest BCUT2D eigenvalue weighted by atomic mass is 16.6. The monoisotopic (exact) mass is 648 g/mol. The van der Waals surface area contributed by atoms with Gasteiger partial charge in [-0.1, -0.05) is 52.0 Å². The molecular weight excluding hydrogens is 592 g/mol. The average Bonchev–Trinajstić information content (AvgIpc) is 3.78. The van der Waals surface area contributed by atoms with Crippen molar-refractivity contribution in [3.8, 4) is 0 Å². The third-order valence-corrected chi connectivity index (χ3v) is 9.31. The van der Waals surface area contributed by atoms with Crippen LogP contribution in [0.15, 0.2) is 36.0 Å². The van der Waals surface area contributed by atoms with Crippen molar-refractivity contribution in [2.24, 2.45) is 17.8 Å². The summed E-state index contributed by atoms with van der Waals surface area (Å²) in [5.41, 5.74) is -0.484. The van der Waals surface area contributed by atoms with E-state index in [0.717, 1.165) is 12.0 Å². The van der Waals surface area contributed by atoms with Crippen LogP contribution in [-0.2, 0) is 28.5 Å². The van der Waals surface area contributed by atoms with Crippen molar-refractivity contribution in [2.45, 2.75) is 123 Å². The SMILES string of the molecule is CCC(O)C(C)[C@H]1O[C@@H]1CC(C)/C=C/C=C(\C)[C@H]1OC(=O)C[C@@H](O)CC[C@](C)(OC(=O)N2CCNCC2)[C@@H](OC(C)=O)/C=C/[C@@H]1C. The molecule has 0 aromatic rings. The molecule has 2 saturated heterocycles. The molecule has 3 heterocycles. The largest absolute Gasteiger partial charge is 0.457 e. The number of epoxide rings is 1. The molecule has 3 unspecified atom stereocenters. The van der Waals surface area contributed by atoms with Gasteiger partial charge >= 0.3 is 18.0 Å². The predicted octanol–water partition coefficient (Wildman–Crippen LogP) is 4.07. The normalized spacial score (nSPS) is 34.0. The predicted molar refractivity (Wildman–Crippen MR) is 174 cm³/mol. The number of rotatable bonds is 10. The van der Waals surface area contributed by atoms with Crippen molar-refractivity contribution in [2.75, 3.05) is 26.2 Å². The van der Waals surface area contributed by atoms with Crippen LogP contribution in [0.1, 0.15) is 80.6 Å². The fourth-order valence-corrected chi connectivity index (χ4v) is 6.17. The molecule has 0 bridgehead atoms. The van der Waals surface area contributed by atoms with Gasteiger partial charge in [0.15, 0.2) is 11.7 Å². The van der Waals surface area contributed by atoms with E-state index >= 15 is 0 Å². The van der Waals surface area contributed by atoms with Crippen LogP contribution >= 0.6 is 0 Å². The van der Waals surface area contributed by atoms with Crippen molar-refractivity contribution in [1.82, 2.24) is 10.2 Å². The molecule has 1 amide bonds. The zero-order valence-corrected chi connectivity index (χ0v) is 28.6. The number of carbonyl (C=O) groups excluding carboxylic acids is 3. The van der Waals surface area contributed by atoms with E-state index in [-0.39, 0.29) is 55.3 Å². The van der Waals surface area contributed by atoms with Gasteiger partial charge in [0.25, 0.3) is 0 Å². The molecule has 0 saturated carbocycles. The van der Waals surface area contributed by atoms with Crippen molar-refractivity contribution >= 4 is 18.0 Å². The summed E-state index contributed by atoms with van der Waals surface area (Å²) in [6.07, 6.45) is 7.82. The second-order valence-corrected chi connectivity index (χ2v) is 13.5. The van der Waals surface area contributed by atoms with E-state index in [1.807, 2.05) is 45.9 Å². The first-order chi connectivity index (χ1) is 21.7. The topological polar surface area (TPSA) is 147 Å². The minimum absolute atomic E-state index is 0.0879. The first-order valence-electron chi connectivity index (χ1n) is 16.8. The number of amides is 1. The number of hydrogen-bond donors (Lipinski definition) is 3. The lowest BCUT2D eigenvalue weighted by Gasteiger charge is -2.38. The Morgan fingerprint density at radius 1 is 1.22 bits per heavy atom. The average molecular weight is 649 g/mol. The number of ether oxygens (including phenoxy) is 4. The Morgan fingerprint density at radius 3 is 2.57 bits per heavy atom. The molecule has 0 aliphatic carbocycles. The first kappa shape index (κ1) is 37.7. The number of cyclic esters (lactones) is 1. The third-order valence-electron chi connectivity index (χ3n) is 9.31. The van der Waals surface area contributed by atoms with Crippen LogP contribution in [0.25, 0.3) is 0 Å². The van der Waals surface area contributed by atoms with Crippen molar-refractivity contribution < 1.29 is 43.5 Å². The Kier molecular flexibility index (Phi) is 14.3. The van der Waals surface area contributed by atoms with Gasteiger partial charge in [0, 0.05) is 44.9 Å². The van der Waals surface area contributed by atoms with Crippen molar-refractivity contribution in [3.63, 3.8) is 0 Å². The van der Waals surface area contributed by atoms with Crippen LogP contribution in [-0.4, -0.2) is 102 Å². The molecule has 3 rings (SSSR count). The maximum absolute atomic E-state index is 13.2. The Morgan fingerprint density at radius 2 is 1.91 bits per heavy atom. The molecule has 0 aromatic carbocycles. The zero-order chi connectivity index (χ0) is 34.0. The second-order valence-electron chi connectivity index (χ2n) is 13.5. The summed E-state index contributed by atoms with van der Waals surface area (Å²) in [6.45, 7) is 15.2. The van der Waals surface area contributed by atoms with Crippen LogP contribution in [0.5, 0.6) is 0 Å². The lowest BCUT2D eigenvalue weighted by molar-refractivity contribution is -0.158.